The molecule has 146 valence electrons. The molecule has 6 N–H and O–H groups in total. The lowest BCUT2D eigenvalue weighted by molar-refractivity contribution is 0.245. The highest BCUT2D eigenvalue weighted by molar-refractivity contribution is 6.01. The number of fused-ring (bicyclic) bond motifs is 8. The zero-order valence-corrected chi connectivity index (χ0v) is 15.4. The van der Waals surface area contributed by atoms with Gasteiger partial charge in [0.1, 0.15) is 0 Å². The molecule has 0 radical (unpaired) electrons. The maximum absolute atomic E-state index is 11.7. The number of amides is 2. The molecule has 3 heterocycles. The normalized spacial score (nSPS) is 12.6. The summed E-state index contributed by atoms with van der Waals surface area (Å²) in [5.41, 5.74) is 6.46. The molecule has 0 aliphatic carbocycles. The second-order valence-electron chi connectivity index (χ2n) is 7.10. The van der Waals surface area contributed by atoms with E-state index < -0.39 is 17.8 Å². The lowest BCUT2D eigenvalue weighted by Gasteiger charge is -2.16. The molecule has 30 heavy (non-hydrogen) atoms. The molecule has 2 aliphatic rings. The number of rotatable bonds is 1. The molecule has 0 saturated heterocycles. The van der Waals surface area contributed by atoms with Crippen LogP contribution in [0.1, 0.15) is 0 Å². The zero-order valence-electron chi connectivity index (χ0n) is 15.4. The van der Waals surface area contributed by atoms with E-state index in [-0.39, 0.29) is 0 Å². The number of hydrogen-bond donors (Lipinski definition) is 4. The number of benzene rings is 3. The van der Waals surface area contributed by atoms with Gasteiger partial charge in [0.05, 0.1) is 32.9 Å². The van der Waals surface area contributed by atoms with Gasteiger partial charge in [-0.2, -0.15) is 9.79 Å². The van der Waals surface area contributed by atoms with Crippen molar-refractivity contribution in [3.63, 3.8) is 0 Å². The Bertz CT molecular complexity index is 1650. The van der Waals surface area contributed by atoms with Gasteiger partial charge in [-0.15, -0.1) is 0 Å². The summed E-state index contributed by atoms with van der Waals surface area (Å²) < 4.78 is 0.787. The van der Waals surface area contributed by atoms with Gasteiger partial charge in [0.15, 0.2) is 0 Å². The van der Waals surface area contributed by atoms with Crippen molar-refractivity contribution in [2.45, 2.75) is 0 Å². The van der Waals surface area contributed by atoms with Crippen LogP contribution in [0.15, 0.2) is 58.5 Å². The van der Waals surface area contributed by atoms with Crippen LogP contribution in [0.5, 0.6) is 11.8 Å². The zero-order chi connectivity index (χ0) is 20.7. The van der Waals surface area contributed by atoms with Gasteiger partial charge in [-0.3, -0.25) is 0 Å². The Labute approximate surface area is 167 Å². The van der Waals surface area contributed by atoms with Gasteiger partial charge in [0.2, 0.25) is 11.8 Å². The van der Waals surface area contributed by atoms with Crippen molar-refractivity contribution < 1.29 is 15.0 Å². The van der Waals surface area contributed by atoms with Crippen molar-refractivity contribution in [3.05, 3.63) is 80.1 Å². The van der Waals surface area contributed by atoms with Crippen LogP contribution >= 0.6 is 0 Å². The van der Waals surface area contributed by atoms with Gasteiger partial charge in [-0.05, 0) is 12.1 Å². The van der Waals surface area contributed by atoms with E-state index in [0.717, 1.165) is 25.8 Å². The quantitative estimate of drug-likeness (QED) is 0.186. The van der Waals surface area contributed by atoms with Crippen LogP contribution in [0.3, 0.4) is 0 Å². The molecule has 0 atom stereocenters. The fourth-order valence-corrected chi connectivity index (χ4v) is 4.33. The Morgan fingerprint density at radius 2 is 1.27 bits per heavy atom. The number of hydrazine groups is 1. The second-order valence-corrected chi connectivity index (χ2v) is 7.10. The number of para-hydroxylation sites is 2. The van der Waals surface area contributed by atoms with Crippen molar-refractivity contribution >= 4 is 28.2 Å². The predicted molar refractivity (Wildman–Crippen MR) is 107 cm³/mol. The lowest BCUT2D eigenvalue weighted by Crippen LogP contribution is -2.49. The fraction of sp³-hybridized carbons (Fsp3) is 0. The third kappa shape index (κ3) is 1.82. The molecule has 6 rings (SSSR count). The molecule has 2 aliphatic heterocycles. The summed E-state index contributed by atoms with van der Waals surface area (Å²) in [4.78, 5) is 21.2. The third-order valence-electron chi connectivity index (χ3n) is 5.55. The molecular weight excluding hydrogens is 384 g/mol. The van der Waals surface area contributed by atoms with Crippen LogP contribution in [0, 0.1) is 20.9 Å². The first-order chi connectivity index (χ1) is 14.5. The van der Waals surface area contributed by atoms with Crippen LogP contribution < -0.4 is 27.4 Å². The Balaban J connectivity index is 2.02. The maximum Gasteiger partial charge on any atom is 0.349 e. The molecule has 4 aromatic rings. The Hall–Kier alpha value is -4.37. The molecular formula is C21H14N6O3. The Morgan fingerprint density at radius 3 is 1.70 bits per heavy atom. The van der Waals surface area contributed by atoms with Crippen molar-refractivity contribution in [2.24, 2.45) is 21.6 Å². The number of hydrogen-bond acceptors (Lipinski definition) is 6. The summed E-state index contributed by atoms with van der Waals surface area (Å²) in [6.45, 7) is 0. The van der Waals surface area contributed by atoms with Gasteiger partial charge >= 0.3 is 6.03 Å². The van der Waals surface area contributed by atoms with Crippen molar-refractivity contribution in [1.29, 1.82) is 0 Å². The van der Waals surface area contributed by atoms with Crippen molar-refractivity contribution in [1.82, 2.24) is 4.68 Å². The standard InChI is InChI=1S/C21H14N6O3/c22-21(30)27(23)26-19(28)15-13-9-5-1-3-7-11(9)24-17(13)18-14(16(15)20(26)29)10-6-2-4-8-12(10)25-18/h1-8,28-29H,23H2,(H2,22,30). The topological polar surface area (TPSA) is 142 Å². The average Bonchev–Trinajstić information content (AvgIpc) is 3.37. The SMILES string of the molecule is NC(=O)N(N)n1c(O)c2c3c(c4c(c2c1O)=c1ccccc1=N4)N=c1ccccc1=3. The molecule has 0 spiro atoms. The van der Waals surface area contributed by atoms with Gasteiger partial charge in [-0.25, -0.2) is 20.6 Å². The van der Waals surface area contributed by atoms with Crippen LogP contribution in [0.4, 0.5) is 16.2 Å². The summed E-state index contributed by atoms with van der Waals surface area (Å²) in [6, 6.07) is 13.9. The summed E-state index contributed by atoms with van der Waals surface area (Å²) >= 11 is 0. The van der Waals surface area contributed by atoms with Gasteiger partial charge in [0, 0.05) is 20.9 Å². The molecule has 0 bridgehead atoms. The van der Waals surface area contributed by atoms with Crippen molar-refractivity contribution in [3.8, 4) is 11.8 Å². The summed E-state index contributed by atoms with van der Waals surface area (Å²) in [5, 5.41) is 27.4. The molecule has 0 fully saturated rings. The molecule has 1 aromatic heterocycles. The van der Waals surface area contributed by atoms with Gasteiger partial charge in [0.25, 0.3) is 0 Å². The van der Waals surface area contributed by atoms with Gasteiger partial charge in [-0.1, -0.05) is 36.4 Å². The van der Waals surface area contributed by atoms with E-state index in [1.54, 1.807) is 0 Å². The van der Waals surface area contributed by atoms with E-state index in [9.17, 15) is 15.0 Å². The minimum atomic E-state index is -1.05. The third-order valence-corrected chi connectivity index (χ3v) is 5.55. The largest absolute Gasteiger partial charge is 0.493 e. The Morgan fingerprint density at radius 1 is 0.833 bits per heavy atom. The number of nitrogens with zero attached hydrogens (tertiary/aromatic N) is 4. The summed E-state index contributed by atoms with van der Waals surface area (Å²) in [6.07, 6.45) is 0. The van der Waals surface area contributed by atoms with Crippen LogP contribution in [0.25, 0.3) is 10.8 Å². The molecule has 2 amide bonds. The molecule has 3 aromatic carbocycles. The lowest BCUT2D eigenvalue weighted by atomic mass is 10.0. The maximum atomic E-state index is 11.7. The van der Waals surface area contributed by atoms with Crippen LogP contribution in [-0.2, 0) is 0 Å². The van der Waals surface area contributed by atoms with E-state index in [2.05, 4.69) is 0 Å². The fourth-order valence-electron chi connectivity index (χ4n) is 4.33. The first kappa shape index (κ1) is 16.6. The van der Waals surface area contributed by atoms with E-state index in [4.69, 9.17) is 21.6 Å². The number of urea groups is 1. The highest BCUT2D eigenvalue weighted by Gasteiger charge is 2.29. The summed E-state index contributed by atoms with van der Waals surface area (Å²) in [5.74, 6) is 4.90. The number of primary amides is 1. The van der Waals surface area contributed by atoms with E-state index in [1.807, 2.05) is 48.5 Å². The van der Waals surface area contributed by atoms with Crippen molar-refractivity contribution in [2.75, 3.05) is 5.12 Å². The van der Waals surface area contributed by atoms with Crippen LogP contribution in [0.2, 0.25) is 0 Å². The smallest absolute Gasteiger partial charge is 0.349 e. The molecule has 9 nitrogen and oxygen atoms in total. The van der Waals surface area contributed by atoms with Gasteiger partial charge < -0.3 is 15.9 Å². The van der Waals surface area contributed by atoms with E-state index in [0.29, 0.717) is 37.7 Å². The number of nitrogens with two attached hydrogens (primary N) is 2. The molecule has 9 heteroatoms. The summed E-state index contributed by atoms with van der Waals surface area (Å²) in [7, 11) is 0. The first-order valence-corrected chi connectivity index (χ1v) is 9.12. The number of aromatic hydroxyl groups is 2. The number of aromatic nitrogens is 1. The first-order valence-electron chi connectivity index (χ1n) is 9.12. The second kappa shape index (κ2) is 5.37. The van der Waals surface area contributed by atoms with Crippen LogP contribution in [-0.4, -0.2) is 20.9 Å². The minimum Gasteiger partial charge on any atom is -0.493 e. The number of carbonyl (C=O) groups excluding carboxylic acids is 1. The monoisotopic (exact) mass is 398 g/mol. The average molecular weight is 398 g/mol. The Kier molecular flexibility index (Phi) is 2.96. The minimum absolute atomic E-state index is 0.318. The molecule has 0 saturated carbocycles. The highest BCUT2D eigenvalue weighted by Crippen LogP contribution is 2.47. The molecule has 0 unspecified atom stereocenters. The predicted octanol–water partition coefficient (Wildman–Crippen LogP) is 1.05. The van der Waals surface area contributed by atoms with E-state index >= 15 is 0 Å². The van der Waals surface area contributed by atoms with E-state index in [1.165, 1.54) is 0 Å². The number of carbonyl (C=O) groups is 1. The highest BCUT2D eigenvalue weighted by atomic mass is 16.3.